The predicted octanol–water partition coefficient (Wildman–Crippen LogP) is 5.41. The van der Waals surface area contributed by atoms with E-state index in [1.54, 1.807) is 24.5 Å². The summed E-state index contributed by atoms with van der Waals surface area (Å²) in [4.78, 5) is 17.7. The fraction of sp³-hybridized carbons (Fsp3) is 0.130. The molecular weight excluding hydrogens is 382 g/mol. The second-order valence-electron chi connectivity index (χ2n) is 6.62. The maximum absolute atomic E-state index is 13.2. The van der Waals surface area contributed by atoms with Crippen LogP contribution < -0.4 is 15.4 Å². The zero-order valence-electron chi connectivity index (χ0n) is 16.2. The summed E-state index contributed by atoms with van der Waals surface area (Å²) in [6.45, 7) is 1.99. The molecule has 146 valence electrons. The average Bonchev–Trinajstić information content (AvgIpc) is 3.12. The number of thiazole rings is 1. The third-order valence-corrected chi connectivity index (χ3v) is 5.47. The number of aryl methyl sites for hydroxylation is 1. The number of rotatable bonds is 6. The molecule has 0 fully saturated rings. The number of hydrogen-bond donors (Lipinski definition) is 2. The molecule has 0 aliphatic rings. The van der Waals surface area contributed by atoms with Gasteiger partial charge in [-0.05, 0) is 42.8 Å². The molecule has 0 unspecified atom stereocenters. The van der Waals surface area contributed by atoms with Crippen molar-refractivity contribution >= 4 is 38.8 Å². The predicted molar refractivity (Wildman–Crippen MR) is 119 cm³/mol. The lowest BCUT2D eigenvalue weighted by atomic mass is 10.1. The average molecular weight is 404 g/mol. The monoisotopic (exact) mass is 403 g/mol. The standard InChI is InChI=1S/C23H21N3O2S/c1-15-24-20-12-11-18(14-21(20)29-15)25-22(16-7-4-3-5-8-16)23(27)26-17-9-6-10-19(13-17)28-2/h3-14,22,25H,1-2H3,(H,26,27)/t22-/m0/s1. The fourth-order valence-electron chi connectivity index (χ4n) is 3.16. The van der Waals surface area contributed by atoms with Gasteiger partial charge >= 0.3 is 0 Å². The van der Waals surface area contributed by atoms with Crippen molar-refractivity contribution in [3.63, 3.8) is 0 Å². The first kappa shape index (κ1) is 19.0. The largest absolute Gasteiger partial charge is 0.497 e. The second-order valence-corrected chi connectivity index (χ2v) is 7.86. The summed E-state index contributed by atoms with van der Waals surface area (Å²) in [6.07, 6.45) is 0. The molecule has 1 atom stereocenters. The molecule has 2 N–H and O–H groups in total. The Balaban J connectivity index is 1.62. The summed E-state index contributed by atoms with van der Waals surface area (Å²) in [5, 5.41) is 7.39. The normalized spacial score (nSPS) is 11.8. The minimum atomic E-state index is -0.547. The molecule has 1 aromatic heterocycles. The quantitative estimate of drug-likeness (QED) is 0.452. The van der Waals surface area contributed by atoms with Gasteiger partial charge in [-0.15, -0.1) is 11.3 Å². The van der Waals surface area contributed by atoms with E-state index in [0.29, 0.717) is 11.4 Å². The van der Waals surface area contributed by atoms with Crippen molar-refractivity contribution < 1.29 is 9.53 Å². The van der Waals surface area contributed by atoms with Gasteiger partial charge in [-0.25, -0.2) is 4.98 Å². The van der Waals surface area contributed by atoms with Gasteiger partial charge in [0, 0.05) is 17.4 Å². The highest BCUT2D eigenvalue weighted by Gasteiger charge is 2.21. The van der Waals surface area contributed by atoms with E-state index in [0.717, 1.165) is 26.5 Å². The van der Waals surface area contributed by atoms with E-state index in [4.69, 9.17) is 4.74 Å². The third kappa shape index (κ3) is 4.38. The van der Waals surface area contributed by atoms with E-state index in [-0.39, 0.29) is 5.91 Å². The molecule has 3 aromatic carbocycles. The Morgan fingerprint density at radius 1 is 1.00 bits per heavy atom. The number of methoxy groups -OCH3 is 1. The van der Waals surface area contributed by atoms with Gasteiger partial charge in [0.25, 0.3) is 5.91 Å². The van der Waals surface area contributed by atoms with Crippen LogP contribution >= 0.6 is 11.3 Å². The lowest BCUT2D eigenvalue weighted by Gasteiger charge is -2.20. The number of ether oxygens (including phenoxy) is 1. The van der Waals surface area contributed by atoms with Crippen LogP contribution in [0.25, 0.3) is 10.2 Å². The van der Waals surface area contributed by atoms with E-state index in [1.807, 2.05) is 73.7 Å². The Morgan fingerprint density at radius 2 is 1.83 bits per heavy atom. The van der Waals surface area contributed by atoms with Crippen LogP contribution in [0.5, 0.6) is 5.75 Å². The minimum Gasteiger partial charge on any atom is -0.497 e. The molecule has 5 nitrogen and oxygen atoms in total. The Hall–Kier alpha value is -3.38. The first-order valence-electron chi connectivity index (χ1n) is 9.26. The summed E-state index contributed by atoms with van der Waals surface area (Å²) in [7, 11) is 1.60. The first-order valence-corrected chi connectivity index (χ1v) is 10.1. The molecule has 0 saturated carbocycles. The van der Waals surface area contributed by atoms with Crippen molar-refractivity contribution in [2.24, 2.45) is 0 Å². The fourth-order valence-corrected chi connectivity index (χ4v) is 4.02. The van der Waals surface area contributed by atoms with Gasteiger partial charge in [0.15, 0.2) is 0 Å². The van der Waals surface area contributed by atoms with Gasteiger partial charge in [-0.1, -0.05) is 36.4 Å². The zero-order valence-corrected chi connectivity index (χ0v) is 17.0. The van der Waals surface area contributed by atoms with Crippen molar-refractivity contribution in [2.45, 2.75) is 13.0 Å². The smallest absolute Gasteiger partial charge is 0.251 e. The third-order valence-electron chi connectivity index (χ3n) is 4.54. The molecule has 4 rings (SSSR count). The highest BCUT2D eigenvalue weighted by Crippen LogP contribution is 2.28. The molecule has 1 heterocycles. The molecule has 0 aliphatic heterocycles. The van der Waals surface area contributed by atoms with Gasteiger partial charge in [-0.3, -0.25) is 4.79 Å². The Labute approximate surface area is 173 Å². The van der Waals surface area contributed by atoms with E-state index in [2.05, 4.69) is 15.6 Å². The van der Waals surface area contributed by atoms with Crippen molar-refractivity contribution in [3.05, 3.63) is 83.4 Å². The number of nitrogens with one attached hydrogen (secondary N) is 2. The molecule has 1 amide bonds. The second kappa shape index (κ2) is 8.32. The van der Waals surface area contributed by atoms with Gasteiger partial charge in [-0.2, -0.15) is 0 Å². The Kier molecular flexibility index (Phi) is 5.44. The number of amides is 1. The Bertz CT molecular complexity index is 1140. The highest BCUT2D eigenvalue weighted by molar-refractivity contribution is 7.18. The summed E-state index contributed by atoms with van der Waals surface area (Å²) in [5.41, 5.74) is 3.41. The van der Waals surface area contributed by atoms with Crippen LogP contribution in [0.3, 0.4) is 0 Å². The number of carbonyl (C=O) groups excluding carboxylic acids is 1. The molecule has 29 heavy (non-hydrogen) atoms. The Morgan fingerprint density at radius 3 is 2.62 bits per heavy atom. The number of aromatic nitrogens is 1. The molecule has 6 heteroatoms. The maximum Gasteiger partial charge on any atom is 0.251 e. The van der Waals surface area contributed by atoms with Crippen molar-refractivity contribution in [1.29, 1.82) is 0 Å². The summed E-state index contributed by atoms with van der Waals surface area (Å²) >= 11 is 1.64. The summed E-state index contributed by atoms with van der Waals surface area (Å²) < 4.78 is 6.34. The molecule has 0 bridgehead atoms. The van der Waals surface area contributed by atoms with Crippen molar-refractivity contribution in [1.82, 2.24) is 4.98 Å². The van der Waals surface area contributed by atoms with Crippen molar-refractivity contribution in [2.75, 3.05) is 17.7 Å². The molecule has 0 spiro atoms. The number of hydrogen-bond acceptors (Lipinski definition) is 5. The maximum atomic E-state index is 13.2. The molecular formula is C23H21N3O2S. The minimum absolute atomic E-state index is 0.148. The lowest BCUT2D eigenvalue weighted by Crippen LogP contribution is -2.27. The van der Waals surface area contributed by atoms with E-state index < -0.39 is 6.04 Å². The molecule has 0 saturated heterocycles. The van der Waals surface area contributed by atoms with Crippen LogP contribution in [0.1, 0.15) is 16.6 Å². The number of benzene rings is 3. The van der Waals surface area contributed by atoms with Crippen LogP contribution in [0.15, 0.2) is 72.8 Å². The van der Waals surface area contributed by atoms with Crippen LogP contribution in [-0.4, -0.2) is 18.0 Å². The van der Waals surface area contributed by atoms with Crippen LogP contribution in [0, 0.1) is 6.92 Å². The summed E-state index contributed by atoms with van der Waals surface area (Å²) in [5.74, 6) is 0.545. The van der Waals surface area contributed by atoms with E-state index in [9.17, 15) is 4.79 Å². The number of nitrogens with zero attached hydrogens (tertiary/aromatic N) is 1. The SMILES string of the molecule is COc1cccc(NC(=O)[C@@H](Nc2ccc3nc(C)sc3c2)c2ccccc2)c1. The topological polar surface area (TPSA) is 63.2 Å². The lowest BCUT2D eigenvalue weighted by molar-refractivity contribution is -0.117. The molecule has 0 radical (unpaired) electrons. The van der Waals surface area contributed by atoms with Gasteiger partial charge in [0.05, 0.1) is 22.3 Å². The van der Waals surface area contributed by atoms with Gasteiger partial charge in [0.2, 0.25) is 0 Å². The zero-order chi connectivity index (χ0) is 20.2. The first-order chi connectivity index (χ1) is 14.1. The van der Waals surface area contributed by atoms with Gasteiger partial charge in [0.1, 0.15) is 11.8 Å². The number of anilines is 2. The summed E-state index contributed by atoms with van der Waals surface area (Å²) in [6, 6.07) is 22.4. The highest BCUT2D eigenvalue weighted by atomic mass is 32.1. The van der Waals surface area contributed by atoms with Gasteiger partial charge < -0.3 is 15.4 Å². The van der Waals surface area contributed by atoms with Crippen LogP contribution in [0.2, 0.25) is 0 Å². The van der Waals surface area contributed by atoms with Crippen molar-refractivity contribution in [3.8, 4) is 5.75 Å². The van der Waals surface area contributed by atoms with Crippen LogP contribution in [0.4, 0.5) is 11.4 Å². The molecule has 4 aromatic rings. The number of carbonyl (C=O) groups is 1. The van der Waals surface area contributed by atoms with E-state index in [1.165, 1.54) is 0 Å². The molecule has 0 aliphatic carbocycles. The number of fused-ring (bicyclic) bond motifs is 1. The van der Waals surface area contributed by atoms with Crippen LogP contribution in [-0.2, 0) is 4.79 Å². The van der Waals surface area contributed by atoms with E-state index >= 15 is 0 Å².